The maximum absolute atomic E-state index is 11.5. The molecule has 0 aliphatic carbocycles. The van der Waals surface area contributed by atoms with Gasteiger partial charge in [-0.05, 0) is 61.7 Å². The molecule has 0 radical (unpaired) electrons. The van der Waals surface area contributed by atoms with Gasteiger partial charge in [0, 0.05) is 19.1 Å². The van der Waals surface area contributed by atoms with Crippen molar-refractivity contribution in [1.82, 2.24) is 14.5 Å². The Kier molecular flexibility index (Phi) is 13.4. The minimum atomic E-state index is -3.04. The summed E-state index contributed by atoms with van der Waals surface area (Å²) in [6, 6.07) is 0.897. The van der Waals surface area contributed by atoms with Crippen LogP contribution in [0.4, 0.5) is 0 Å². The number of piperidine rings is 2. The Morgan fingerprint density at radius 2 is 1.45 bits per heavy atom. The largest absolute Gasteiger partial charge is 0.317 e. The molecule has 0 amide bonds. The number of hydrogen-bond acceptors (Lipinski definition) is 4. The lowest BCUT2D eigenvalue weighted by atomic mass is 9.99. The number of rotatable bonds is 3. The zero-order valence-electron chi connectivity index (χ0n) is 14.2. The number of alkyl halides is 2. The smallest absolute Gasteiger partial charge is 0.211 e. The molecular weight excluding hydrogens is 528 g/mol. The van der Waals surface area contributed by atoms with Crippen LogP contribution in [0.2, 0.25) is 0 Å². The summed E-state index contributed by atoms with van der Waals surface area (Å²) >= 11 is 4.30. The highest BCUT2D eigenvalue weighted by molar-refractivity contribution is 14.1. The fourth-order valence-corrected chi connectivity index (χ4v) is 3.81. The van der Waals surface area contributed by atoms with Crippen molar-refractivity contribution in [2.45, 2.75) is 37.8 Å². The minimum absolute atomic E-state index is 0.193. The molecule has 0 bridgehead atoms. The van der Waals surface area contributed by atoms with Gasteiger partial charge in [0.15, 0.2) is 0 Å². The van der Waals surface area contributed by atoms with Crippen LogP contribution in [-0.2, 0) is 10.0 Å². The fourth-order valence-electron chi connectivity index (χ4n) is 3.06. The number of nitrogens with zero attached hydrogens (tertiary/aromatic N) is 2. The van der Waals surface area contributed by atoms with Gasteiger partial charge in [-0.15, -0.1) is 0 Å². The van der Waals surface area contributed by atoms with Crippen LogP contribution >= 0.6 is 45.2 Å². The van der Waals surface area contributed by atoms with Gasteiger partial charge in [0.25, 0.3) is 0 Å². The summed E-state index contributed by atoms with van der Waals surface area (Å²) in [6.07, 6.45) is 5.69. The van der Waals surface area contributed by atoms with Crippen LogP contribution in [0.3, 0.4) is 0 Å². The van der Waals surface area contributed by atoms with Crippen molar-refractivity contribution >= 4 is 55.2 Å². The molecule has 134 valence electrons. The molecule has 2 fully saturated rings. The second-order valence-electron chi connectivity index (χ2n) is 5.53. The van der Waals surface area contributed by atoms with Gasteiger partial charge in [-0.1, -0.05) is 45.2 Å². The van der Waals surface area contributed by atoms with E-state index in [1.54, 1.807) is 11.4 Å². The Balaban J connectivity index is 0.00000102. The van der Waals surface area contributed by atoms with Crippen LogP contribution in [0.15, 0.2) is 0 Å². The third-order valence-corrected chi connectivity index (χ3v) is 5.71. The SMILES string of the molecule is CI.CI.CN(C1CCN(C2CCNCC2)CC1)S(C)(=O)=O. The summed E-state index contributed by atoms with van der Waals surface area (Å²) in [7, 11) is -1.33. The summed E-state index contributed by atoms with van der Waals surface area (Å²) < 4.78 is 24.6. The van der Waals surface area contributed by atoms with Crippen LogP contribution in [0.1, 0.15) is 25.7 Å². The van der Waals surface area contributed by atoms with Crippen molar-refractivity contribution < 1.29 is 8.42 Å². The van der Waals surface area contributed by atoms with E-state index in [1.165, 1.54) is 19.1 Å². The molecule has 1 N–H and O–H groups in total. The van der Waals surface area contributed by atoms with E-state index < -0.39 is 10.0 Å². The van der Waals surface area contributed by atoms with Crippen LogP contribution in [0.25, 0.3) is 0 Å². The number of nitrogens with one attached hydrogen (secondary N) is 1. The van der Waals surface area contributed by atoms with Gasteiger partial charge in [0.1, 0.15) is 0 Å². The minimum Gasteiger partial charge on any atom is -0.317 e. The molecule has 0 aromatic carbocycles. The first-order valence-electron chi connectivity index (χ1n) is 7.62. The number of likely N-dealkylation sites (tertiary alicyclic amines) is 1. The molecule has 22 heavy (non-hydrogen) atoms. The van der Waals surface area contributed by atoms with Gasteiger partial charge in [-0.25, -0.2) is 12.7 Å². The number of hydrogen-bond donors (Lipinski definition) is 1. The molecule has 0 atom stereocenters. The van der Waals surface area contributed by atoms with E-state index in [0.29, 0.717) is 6.04 Å². The summed E-state index contributed by atoms with van der Waals surface area (Å²) in [5.74, 6) is 0. The summed E-state index contributed by atoms with van der Waals surface area (Å²) in [5, 5.41) is 3.39. The molecule has 0 aromatic heterocycles. The third kappa shape index (κ3) is 7.91. The van der Waals surface area contributed by atoms with Crippen LogP contribution in [0, 0.1) is 0 Å². The first-order valence-corrected chi connectivity index (χ1v) is 13.8. The average molecular weight is 559 g/mol. The van der Waals surface area contributed by atoms with Crippen LogP contribution < -0.4 is 5.32 Å². The molecule has 2 saturated heterocycles. The standard InChI is InChI=1S/C12H25N3O2S.2CH3I/c1-14(18(2,16)17)11-5-9-15(10-6-11)12-3-7-13-8-4-12;2*1-2/h11-13H,3-10H2,1-2H3;2*1H3. The van der Waals surface area contributed by atoms with Gasteiger partial charge in [0.05, 0.1) is 6.26 Å². The van der Waals surface area contributed by atoms with E-state index in [2.05, 4.69) is 55.4 Å². The van der Waals surface area contributed by atoms with Crippen molar-refractivity contribution in [3.8, 4) is 0 Å². The zero-order chi connectivity index (χ0) is 17.2. The highest BCUT2D eigenvalue weighted by Crippen LogP contribution is 2.22. The molecule has 0 spiro atoms. The molecule has 0 unspecified atom stereocenters. The predicted octanol–water partition coefficient (Wildman–Crippen LogP) is 2.20. The molecule has 0 saturated carbocycles. The van der Waals surface area contributed by atoms with Crippen molar-refractivity contribution in [3.63, 3.8) is 0 Å². The predicted molar refractivity (Wildman–Crippen MR) is 113 cm³/mol. The molecule has 5 nitrogen and oxygen atoms in total. The lowest BCUT2D eigenvalue weighted by molar-refractivity contribution is 0.106. The van der Waals surface area contributed by atoms with Crippen LogP contribution in [0.5, 0.6) is 0 Å². The maximum Gasteiger partial charge on any atom is 0.211 e. The highest BCUT2D eigenvalue weighted by atomic mass is 127. The molecule has 2 rings (SSSR count). The molecule has 2 heterocycles. The first kappa shape index (κ1) is 23.3. The highest BCUT2D eigenvalue weighted by Gasteiger charge is 2.30. The van der Waals surface area contributed by atoms with Crippen molar-refractivity contribution in [2.75, 3.05) is 49.3 Å². The zero-order valence-corrected chi connectivity index (χ0v) is 19.3. The monoisotopic (exact) mass is 559 g/mol. The number of halogens is 2. The first-order chi connectivity index (χ1) is 10.5. The van der Waals surface area contributed by atoms with Gasteiger partial charge in [-0.3, -0.25) is 0 Å². The third-order valence-electron chi connectivity index (χ3n) is 4.36. The lowest BCUT2D eigenvalue weighted by Gasteiger charge is -2.41. The van der Waals surface area contributed by atoms with E-state index in [-0.39, 0.29) is 6.04 Å². The molecule has 2 aliphatic rings. The molecule has 0 aromatic rings. The quantitative estimate of drug-likeness (QED) is 0.426. The van der Waals surface area contributed by atoms with Crippen LogP contribution in [-0.4, -0.2) is 79.1 Å². The Bertz CT molecular complexity index is 368. The van der Waals surface area contributed by atoms with E-state index in [1.807, 2.05) is 9.86 Å². The summed E-state index contributed by atoms with van der Waals surface area (Å²) in [6.45, 7) is 4.31. The van der Waals surface area contributed by atoms with Gasteiger partial charge in [-0.2, -0.15) is 0 Å². The normalized spacial score (nSPS) is 21.6. The van der Waals surface area contributed by atoms with Crippen molar-refractivity contribution in [3.05, 3.63) is 0 Å². The topological polar surface area (TPSA) is 52.6 Å². The Morgan fingerprint density at radius 3 is 1.86 bits per heavy atom. The van der Waals surface area contributed by atoms with Gasteiger partial charge >= 0.3 is 0 Å². The average Bonchev–Trinajstić information content (AvgIpc) is 2.58. The fraction of sp³-hybridized carbons (Fsp3) is 1.00. The Morgan fingerprint density at radius 1 is 1.00 bits per heavy atom. The molecule has 2 aliphatic heterocycles. The van der Waals surface area contributed by atoms with E-state index in [4.69, 9.17) is 0 Å². The van der Waals surface area contributed by atoms with Crippen molar-refractivity contribution in [2.24, 2.45) is 0 Å². The summed E-state index contributed by atoms with van der Waals surface area (Å²) in [4.78, 5) is 6.49. The van der Waals surface area contributed by atoms with Crippen molar-refractivity contribution in [1.29, 1.82) is 0 Å². The Hall–Kier alpha value is 1.29. The summed E-state index contributed by atoms with van der Waals surface area (Å²) in [5.41, 5.74) is 0. The lowest BCUT2D eigenvalue weighted by Crippen LogP contribution is -2.50. The maximum atomic E-state index is 11.5. The molecule has 8 heteroatoms. The van der Waals surface area contributed by atoms with Gasteiger partial charge < -0.3 is 10.2 Å². The van der Waals surface area contributed by atoms with E-state index in [0.717, 1.165) is 39.0 Å². The van der Waals surface area contributed by atoms with Gasteiger partial charge in [0.2, 0.25) is 10.0 Å². The second-order valence-corrected chi connectivity index (χ2v) is 7.57. The van der Waals surface area contributed by atoms with E-state index in [9.17, 15) is 8.42 Å². The second kappa shape index (κ2) is 12.6. The number of sulfonamides is 1. The van der Waals surface area contributed by atoms with E-state index >= 15 is 0 Å². The Labute approximate surface area is 164 Å². The molecular formula is C14H31I2N3O2S.